The Morgan fingerprint density at radius 1 is 1.25 bits per heavy atom. The van der Waals surface area contributed by atoms with E-state index in [9.17, 15) is 15.0 Å². The largest absolute Gasteiger partial charge is 0.393 e. The second kappa shape index (κ2) is 3.49. The van der Waals surface area contributed by atoms with Crippen LogP contribution in [0.2, 0.25) is 0 Å². The Balaban J connectivity index is 4.83. The summed E-state index contributed by atoms with van der Waals surface area (Å²) in [6.07, 6.45) is 0. The van der Waals surface area contributed by atoms with Gasteiger partial charge in [-0.3, -0.25) is 4.79 Å². The van der Waals surface area contributed by atoms with Gasteiger partial charge in [-0.05, 0) is 13.8 Å². The third-order valence-electron chi connectivity index (χ3n) is 2.11. The van der Waals surface area contributed by atoms with E-state index in [0.717, 1.165) is 13.8 Å². The van der Waals surface area contributed by atoms with Gasteiger partial charge in [-0.15, -0.1) is 0 Å². The van der Waals surface area contributed by atoms with E-state index >= 15 is 0 Å². The maximum atomic E-state index is 10.8. The summed E-state index contributed by atoms with van der Waals surface area (Å²) in [4.78, 5) is 10.8. The molecule has 1 atom stereocenters. The summed E-state index contributed by atoms with van der Waals surface area (Å²) < 4.78 is 0. The van der Waals surface area contributed by atoms with Crippen molar-refractivity contribution in [2.45, 2.75) is 25.0 Å². The van der Waals surface area contributed by atoms with Crippen molar-refractivity contribution in [2.75, 3.05) is 13.2 Å². The highest BCUT2D eigenvalue weighted by Crippen LogP contribution is 2.22. The maximum Gasteiger partial charge on any atom is 0.164 e. The van der Waals surface area contributed by atoms with Gasteiger partial charge in [0.25, 0.3) is 0 Å². The molecule has 0 saturated carbocycles. The van der Waals surface area contributed by atoms with Crippen LogP contribution in [0.1, 0.15) is 13.8 Å². The van der Waals surface area contributed by atoms with Crippen molar-refractivity contribution in [2.24, 2.45) is 0 Å². The van der Waals surface area contributed by atoms with Gasteiger partial charge < -0.3 is 20.4 Å². The van der Waals surface area contributed by atoms with Crippen LogP contribution < -0.4 is 0 Å². The lowest BCUT2D eigenvalue weighted by molar-refractivity contribution is -0.188. The highest BCUT2D eigenvalue weighted by Gasteiger charge is 2.48. The zero-order valence-electron chi connectivity index (χ0n) is 7.11. The third-order valence-corrected chi connectivity index (χ3v) is 2.11. The van der Waals surface area contributed by atoms with Crippen molar-refractivity contribution >= 4 is 5.78 Å². The molecule has 0 aliphatic carbocycles. The van der Waals surface area contributed by atoms with Crippen molar-refractivity contribution in [1.82, 2.24) is 0 Å². The van der Waals surface area contributed by atoms with E-state index in [1.165, 1.54) is 0 Å². The first-order chi connectivity index (χ1) is 5.31. The lowest BCUT2D eigenvalue weighted by Crippen LogP contribution is -2.61. The summed E-state index contributed by atoms with van der Waals surface area (Å²) in [5, 5.41) is 36.0. The van der Waals surface area contributed by atoms with Crippen LogP contribution >= 0.6 is 0 Å². The van der Waals surface area contributed by atoms with Crippen LogP contribution in [0.25, 0.3) is 0 Å². The summed E-state index contributed by atoms with van der Waals surface area (Å²) in [6.45, 7) is 0.351. The highest BCUT2D eigenvalue weighted by molar-refractivity contribution is 5.85. The van der Waals surface area contributed by atoms with E-state index in [0.29, 0.717) is 0 Å². The number of Topliss-reactive ketones (excluding diaryl/α,β-unsaturated/α-hetero) is 1. The fourth-order valence-corrected chi connectivity index (χ4v) is 0.686. The monoisotopic (exact) mass is 178 g/mol. The van der Waals surface area contributed by atoms with Crippen molar-refractivity contribution in [3.63, 3.8) is 0 Å². The molecule has 0 amide bonds. The molecule has 0 rings (SSSR count). The molecule has 0 aliphatic heterocycles. The smallest absolute Gasteiger partial charge is 0.164 e. The normalized spacial score (nSPS) is 17.2. The number of aliphatic hydroxyl groups is 4. The zero-order chi connectivity index (χ0) is 9.99. The molecule has 0 radical (unpaired) electrons. The first-order valence-corrected chi connectivity index (χ1v) is 3.49. The van der Waals surface area contributed by atoms with Gasteiger partial charge in [-0.2, -0.15) is 0 Å². The first-order valence-electron chi connectivity index (χ1n) is 3.49. The molecule has 12 heavy (non-hydrogen) atoms. The van der Waals surface area contributed by atoms with E-state index in [4.69, 9.17) is 10.2 Å². The molecule has 5 heteroatoms. The van der Waals surface area contributed by atoms with Gasteiger partial charge in [0.1, 0.15) is 5.60 Å². The van der Waals surface area contributed by atoms with Crippen molar-refractivity contribution in [1.29, 1.82) is 0 Å². The van der Waals surface area contributed by atoms with Crippen LogP contribution in [-0.4, -0.2) is 50.6 Å². The van der Waals surface area contributed by atoms with E-state index in [2.05, 4.69) is 0 Å². The molecule has 0 heterocycles. The van der Waals surface area contributed by atoms with Gasteiger partial charge in [0.15, 0.2) is 11.4 Å². The first kappa shape index (κ1) is 11.5. The summed E-state index contributed by atoms with van der Waals surface area (Å²) in [6, 6.07) is 0. The third kappa shape index (κ3) is 1.64. The summed E-state index contributed by atoms with van der Waals surface area (Å²) >= 11 is 0. The summed E-state index contributed by atoms with van der Waals surface area (Å²) in [7, 11) is 0. The Labute approximate surface area is 70.3 Å². The molecular weight excluding hydrogens is 164 g/mol. The van der Waals surface area contributed by atoms with Crippen LogP contribution in [0.4, 0.5) is 0 Å². The van der Waals surface area contributed by atoms with Gasteiger partial charge in [0.2, 0.25) is 0 Å². The average molecular weight is 178 g/mol. The van der Waals surface area contributed by atoms with Crippen LogP contribution in [0.15, 0.2) is 0 Å². The molecule has 0 aromatic carbocycles. The summed E-state index contributed by atoms with van der Waals surface area (Å²) in [5.74, 6) is -0.715. The predicted octanol–water partition coefficient (Wildman–Crippen LogP) is -1.96. The van der Waals surface area contributed by atoms with Crippen molar-refractivity contribution in [3.8, 4) is 0 Å². The van der Waals surface area contributed by atoms with Gasteiger partial charge in [-0.25, -0.2) is 0 Å². The van der Waals surface area contributed by atoms with Crippen molar-refractivity contribution < 1.29 is 25.2 Å². The Hall–Kier alpha value is -0.490. The van der Waals surface area contributed by atoms with Gasteiger partial charge in [0, 0.05) is 0 Å². The molecule has 1 unspecified atom stereocenters. The average Bonchev–Trinajstić information content (AvgIpc) is 2.02. The molecular formula is C7H14O5. The minimum Gasteiger partial charge on any atom is -0.393 e. The van der Waals surface area contributed by atoms with E-state index in [1.807, 2.05) is 0 Å². The number of rotatable bonds is 4. The Morgan fingerprint density at radius 3 is 1.67 bits per heavy atom. The van der Waals surface area contributed by atoms with Crippen LogP contribution in [0, 0.1) is 0 Å². The lowest BCUT2D eigenvalue weighted by atomic mass is 9.82. The second-order valence-electron chi connectivity index (χ2n) is 2.98. The second-order valence-corrected chi connectivity index (χ2v) is 2.98. The highest BCUT2D eigenvalue weighted by atomic mass is 16.4. The quantitative estimate of drug-likeness (QED) is 0.401. The number of carbonyl (C=O) groups is 1. The van der Waals surface area contributed by atoms with Crippen LogP contribution in [-0.2, 0) is 4.79 Å². The van der Waals surface area contributed by atoms with Gasteiger partial charge in [0.05, 0.1) is 13.2 Å². The molecule has 72 valence electrons. The summed E-state index contributed by atoms with van der Waals surface area (Å²) in [5.41, 5.74) is -4.31. The van der Waals surface area contributed by atoms with E-state index in [-0.39, 0.29) is 0 Å². The molecule has 0 aromatic rings. The SMILES string of the molecule is CC(=O)C(C)(O)C(O)(CO)CO. The zero-order valence-corrected chi connectivity index (χ0v) is 7.11. The number of ketones is 1. The molecule has 0 aromatic heterocycles. The molecule has 0 bridgehead atoms. The predicted molar refractivity (Wildman–Crippen MR) is 40.4 cm³/mol. The molecule has 0 saturated heterocycles. The number of carbonyl (C=O) groups excluding carboxylic acids is 1. The van der Waals surface area contributed by atoms with Gasteiger partial charge in [-0.1, -0.05) is 0 Å². The number of aliphatic hydroxyl groups excluding tert-OH is 2. The molecule has 0 fully saturated rings. The molecule has 4 N–H and O–H groups in total. The Morgan fingerprint density at radius 2 is 1.58 bits per heavy atom. The Bertz CT molecular complexity index is 171. The number of hydrogen-bond donors (Lipinski definition) is 4. The Kier molecular flexibility index (Phi) is 3.34. The van der Waals surface area contributed by atoms with Crippen molar-refractivity contribution in [3.05, 3.63) is 0 Å². The van der Waals surface area contributed by atoms with Gasteiger partial charge >= 0.3 is 0 Å². The lowest BCUT2D eigenvalue weighted by Gasteiger charge is -2.36. The minimum absolute atomic E-state index is 0.715. The molecule has 5 nitrogen and oxygen atoms in total. The topological polar surface area (TPSA) is 98.0 Å². The fraction of sp³-hybridized carbons (Fsp3) is 0.857. The standard InChI is InChI=1S/C7H14O5/c1-5(10)6(2,11)7(12,3-8)4-9/h8-9,11-12H,3-4H2,1-2H3. The maximum absolute atomic E-state index is 10.8. The fourth-order valence-electron chi connectivity index (χ4n) is 0.686. The van der Waals surface area contributed by atoms with Crippen LogP contribution in [0.3, 0.4) is 0 Å². The molecule has 0 spiro atoms. The molecule has 0 aliphatic rings. The van der Waals surface area contributed by atoms with E-state index in [1.54, 1.807) is 0 Å². The minimum atomic E-state index is -2.18. The number of hydrogen-bond acceptors (Lipinski definition) is 5. The van der Waals surface area contributed by atoms with E-state index < -0.39 is 30.2 Å². The van der Waals surface area contributed by atoms with Crippen LogP contribution in [0.5, 0.6) is 0 Å².